The first-order valence-corrected chi connectivity index (χ1v) is 12.2. The fourth-order valence-electron chi connectivity index (χ4n) is 3.71. The maximum absolute atomic E-state index is 13.2. The van der Waals surface area contributed by atoms with Crippen LogP contribution in [0, 0.1) is 0 Å². The molecule has 37 heavy (non-hydrogen) atoms. The van der Waals surface area contributed by atoms with Crippen LogP contribution in [0.1, 0.15) is 34.0 Å². The van der Waals surface area contributed by atoms with Gasteiger partial charge in [-0.2, -0.15) is 0 Å². The molecule has 0 spiro atoms. The van der Waals surface area contributed by atoms with Crippen molar-refractivity contribution in [3.63, 3.8) is 0 Å². The Kier molecular flexibility index (Phi) is 8.97. The van der Waals surface area contributed by atoms with Gasteiger partial charge in [0.2, 0.25) is 0 Å². The van der Waals surface area contributed by atoms with Gasteiger partial charge in [-0.05, 0) is 54.5 Å². The van der Waals surface area contributed by atoms with Gasteiger partial charge in [-0.3, -0.25) is 4.79 Å². The van der Waals surface area contributed by atoms with E-state index >= 15 is 0 Å². The average Bonchev–Trinajstić information content (AvgIpc) is 2.95. The minimum Gasteiger partial charge on any atom is -0.497 e. The lowest BCUT2D eigenvalue weighted by molar-refractivity contribution is 0.104. The SMILES string of the molecule is CCOc1cc(OCc2ccccc2)ccc1C=CC(=O)c1ccc(OC)cc1OCc1ccccc1. The number of carbonyl (C=O) groups is 1. The van der Waals surface area contributed by atoms with Crippen molar-refractivity contribution in [1.29, 1.82) is 0 Å². The van der Waals surface area contributed by atoms with E-state index < -0.39 is 0 Å². The van der Waals surface area contributed by atoms with E-state index in [1.54, 1.807) is 31.4 Å². The molecule has 188 valence electrons. The molecule has 0 aromatic heterocycles. The summed E-state index contributed by atoms with van der Waals surface area (Å²) in [7, 11) is 1.58. The average molecular weight is 495 g/mol. The lowest BCUT2D eigenvalue weighted by Crippen LogP contribution is -2.03. The molecule has 0 N–H and O–H groups in total. The summed E-state index contributed by atoms with van der Waals surface area (Å²) >= 11 is 0. The third-order valence-corrected chi connectivity index (χ3v) is 5.64. The number of hydrogen-bond donors (Lipinski definition) is 0. The van der Waals surface area contributed by atoms with Crippen LogP contribution < -0.4 is 18.9 Å². The van der Waals surface area contributed by atoms with Crippen molar-refractivity contribution in [2.45, 2.75) is 20.1 Å². The van der Waals surface area contributed by atoms with Crippen molar-refractivity contribution in [3.8, 4) is 23.0 Å². The Bertz CT molecular complexity index is 1330. The number of hydrogen-bond acceptors (Lipinski definition) is 5. The molecule has 0 saturated heterocycles. The third-order valence-electron chi connectivity index (χ3n) is 5.64. The maximum atomic E-state index is 13.2. The number of methoxy groups -OCH3 is 1. The van der Waals surface area contributed by atoms with Gasteiger partial charge in [0.15, 0.2) is 5.78 Å². The van der Waals surface area contributed by atoms with Crippen LogP contribution in [-0.2, 0) is 13.2 Å². The van der Waals surface area contributed by atoms with Crippen molar-refractivity contribution in [1.82, 2.24) is 0 Å². The molecule has 4 aromatic rings. The van der Waals surface area contributed by atoms with Gasteiger partial charge in [0.1, 0.15) is 36.2 Å². The van der Waals surface area contributed by atoms with E-state index in [9.17, 15) is 4.79 Å². The summed E-state index contributed by atoms with van der Waals surface area (Å²) in [6.07, 6.45) is 3.28. The van der Waals surface area contributed by atoms with Crippen LogP contribution in [0.25, 0.3) is 6.08 Å². The molecule has 0 aliphatic rings. The first-order chi connectivity index (χ1) is 18.2. The molecular formula is C32H30O5. The smallest absolute Gasteiger partial charge is 0.189 e. The number of ether oxygens (including phenoxy) is 4. The highest BCUT2D eigenvalue weighted by Crippen LogP contribution is 2.29. The Morgan fingerprint density at radius 2 is 1.32 bits per heavy atom. The monoisotopic (exact) mass is 494 g/mol. The van der Waals surface area contributed by atoms with Gasteiger partial charge in [-0.25, -0.2) is 0 Å². The first-order valence-electron chi connectivity index (χ1n) is 12.2. The number of carbonyl (C=O) groups excluding carboxylic acids is 1. The van der Waals surface area contributed by atoms with Crippen molar-refractivity contribution in [2.24, 2.45) is 0 Å². The highest BCUT2D eigenvalue weighted by atomic mass is 16.5. The first kappa shape index (κ1) is 25.6. The van der Waals surface area contributed by atoms with Crippen LogP contribution in [0.5, 0.6) is 23.0 Å². The lowest BCUT2D eigenvalue weighted by atomic mass is 10.1. The van der Waals surface area contributed by atoms with Gasteiger partial charge in [0.25, 0.3) is 0 Å². The second kappa shape index (κ2) is 13.0. The number of allylic oxidation sites excluding steroid dienone is 1. The fourth-order valence-corrected chi connectivity index (χ4v) is 3.71. The standard InChI is InChI=1S/C32H30O5/c1-3-35-31-21-28(36-22-24-10-6-4-7-11-24)16-14-26(31)15-19-30(33)29-18-17-27(34-2)20-32(29)37-23-25-12-8-5-9-13-25/h4-21H,3,22-23H2,1-2H3. The molecule has 0 amide bonds. The number of benzene rings is 4. The molecule has 0 unspecified atom stereocenters. The van der Waals surface area contributed by atoms with E-state index in [4.69, 9.17) is 18.9 Å². The van der Waals surface area contributed by atoms with E-state index in [0.717, 1.165) is 16.7 Å². The minimum absolute atomic E-state index is 0.183. The van der Waals surface area contributed by atoms with Crippen molar-refractivity contribution in [2.75, 3.05) is 13.7 Å². The molecule has 0 fully saturated rings. The topological polar surface area (TPSA) is 54.0 Å². The zero-order valence-corrected chi connectivity index (χ0v) is 21.1. The fraction of sp³-hybridized carbons (Fsp3) is 0.156. The summed E-state index contributed by atoms with van der Waals surface area (Å²) in [5.74, 6) is 2.24. The number of rotatable bonds is 12. The molecule has 5 heteroatoms. The largest absolute Gasteiger partial charge is 0.497 e. The third kappa shape index (κ3) is 7.24. The molecule has 4 rings (SSSR count). The molecule has 4 aromatic carbocycles. The molecule has 0 heterocycles. The minimum atomic E-state index is -0.183. The maximum Gasteiger partial charge on any atom is 0.189 e. The molecule has 0 radical (unpaired) electrons. The second-order valence-corrected chi connectivity index (χ2v) is 8.24. The van der Waals surface area contributed by atoms with Crippen LogP contribution >= 0.6 is 0 Å². The zero-order valence-electron chi connectivity index (χ0n) is 21.1. The van der Waals surface area contributed by atoms with E-state index in [1.165, 1.54) is 6.08 Å². The van der Waals surface area contributed by atoms with E-state index in [0.29, 0.717) is 48.4 Å². The Labute approximate surface area is 217 Å². The Morgan fingerprint density at radius 1 is 0.703 bits per heavy atom. The molecular weight excluding hydrogens is 464 g/mol. The summed E-state index contributed by atoms with van der Waals surface area (Å²) in [5, 5.41) is 0. The van der Waals surface area contributed by atoms with Gasteiger partial charge in [-0.1, -0.05) is 60.7 Å². The van der Waals surface area contributed by atoms with Gasteiger partial charge >= 0.3 is 0 Å². The number of ketones is 1. The molecule has 5 nitrogen and oxygen atoms in total. The molecule has 0 bridgehead atoms. The molecule has 0 saturated carbocycles. The molecule has 0 atom stereocenters. The van der Waals surface area contributed by atoms with E-state index in [-0.39, 0.29) is 5.78 Å². The van der Waals surface area contributed by atoms with E-state index in [2.05, 4.69) is 0 Å². The van der Waals surface area contributed by atoms with Gasteiger partial charge in [-0.15, -0.1) is 0 Å². The molecule has 0 aliphatic carbocycles. The summed E-state index contributed by atoms with van der Waals surface area (Å²) < 4.78 is 23.1. The van der Waals surface area contributed by atoms with Crippen LogP contribution in [0.3, 0.4) is 0 Å². The summed E-state index contributed by atoms with van der Waals surface area (Å²) in [6.45, 7) is 3.22. The Morgan fingerprint density at radius 3 is 1.97 bits per heavy atom. The summed E-state index contributed by atoms with van der Waals surface area (Å²) in [6, 6.07) is 30.6. The highest BCUT2D eigenvalue weighted by molar-refractivity contribution is 6.08. The second-order valence-electron chi connectivity index (χ2n) is 8.24. The predicted octanol–water partition coefficient (Wildman–Crippen LogP) is 7.15. The van der Waals surface area contributed by atoms with Crippen LogP contribution in [0.2, 0.25) is 0 Å². The summed E-state index contributed by atoms with van der Waals surface area (Å²) in [5.41, 5.74) is 3.33. The van der Waals surface area contributed by atoms with Crippen molar-refractivity contribution in [3.05, 3.63) is 125 Å². The van der Waals surface area contributed by atoms with Crippen LogP contribution in [0.15, 0.2) is 103 Å². The van der Waals surface area contributed by atoms with Crippen molar-refractivity contribution < 1.29 is 23.7 Å². The highest BCUT2D eigenvalue weighted by Gasteiger charge is 2.13. The van der Waals surface area contributed by atoms with Crippen LogP contribution in [0.4, 0.5) is 0 Å². The Hall–Kier alpha value is -4.51. The Balaban J connectivity index is 1.50. The van der Waals surface area contributed by atoms with Gasteiger partial charge in [0.05, 0.1) is 19.3 Å². The zero-order chi connectivity index (χ0) is 25.9. The van der Waals surface area contributed by atoms with Crippen LogP contribution in [-0.4, -0.2) is 19.5 Å². The van der Waals surface area contributed by atoms with Gasteiger partial charge in [0, 0.05) is 17.7 Å². The summed E-state index contributed by atoms with van der Waals surface area (Å²) in [4.78, 5) is 13.2. The predicted molar refractivity (Wildman–Crippen MR) is 146 cm³/mol. The lowest BCUT2D eigenvalue weighted by Gasteiger charge is -2.12. The van der Waals surface area contributed by atoms with Crippen molar-refractivity contribution >= 4 is 11.9 Å². The normalized spacial score (nSPS) is 10.8. The quantitative estimate of drug-likeness (QED) is 0.155. The van der Waals surface area contributed by atoms with E-state index in [1.807, 2.05) is 85.8 Å². The van der Waals surface area contributed by atoms with Gasteiger partial charge < -0.3 is 18.9 Å². The molecule has 0 aliphatic heterocycles.